The number of rotatable bonds is 4. The van der Waals surface area contributed by atoms with Crippen LogP contribution in [0.3, 0.4) is 0 Å². The van der Waals surface area contributed by atoms with Gasteiger partial charge < -0.3 is 15.2 Å². The van der Waals surface area contributed by atoms with Crippen molar-refractivity contribution >= 4 is 21.8 Å². The van der Waals surface area contributed by atoms with Crippen LogP contribution in [0.25, 0.3) is 0 Å². The molecule has 110 valence electrons. The zero-order valence-electron chi connectivity index (χ0n) is 11.3. The number of hydrogen-bond acceptors (Lipinski definition) is 3. The van der Waals surface area contributed by atoms with Gasteiger partial charge in [-0.15, -0.1) is 0 Å². The second-order valence-corrected chi connectivity index (χ2v) is 6.04. The van der Waals surface area contributed by atoms with Crippen molar-refractivity contribution in [2.45, 2.75) is 44.2 Å². The molecular weight excluding hydrogens is 322 g/mol. The first-order valence-electron chi connectivity index (χ1n) is 7.01. The maximum atomic E-state index is 11.9. The highest BCUT2D eigenvalue weighted by Crippen LogP contribution is 2.18. The Morgan fingerprint density at radius 2 is 1.95 bits per heavy atom. The van der Waals surface area contributed by atoms with Crippen molar-refractivity contribution < 1.29 is 14.6 Å². The third kappa shape index (κ3) is 4.80. The fourth-order valence-corrected chi connectivity index (χ4v) is 2.65. The Morgan fingerprint density at radius 1 is 1.25 bits per heavy atom. The lowest BCUT2D eigenvalue weighted by Gasteiger charge is -2.21. The van der Waals surface area contributed by atoms with Crippen LogP contribution in [0, 0.1) is 0 Å². The molecule has 0 radical (unpaired) electrons. The van der Waals surface area contributed by atoms with Crippen LogP contribution in [0.5, 0.6) is 5.75 Å². The molecule has 2 N–H and O–H groups in total. The highest BCUT2D eigenvalue weighted by atomic mass is 79.9. The number of hydrogen-bond donors (Lipinski definition) is 2. The zero-order valence-corrected chi connectivity index (χ0v) is 12.9. The normalized spacial score (nSPS) is 22.9. The number of aliphatic hydroxyl groups excluding tert-OH is 1. The molecule has 0 heterocycles. The van der Waals surface area contributed by atoms with E-state index >= 15 is 0 Å². The Labute approximate surface area is 127 Å². The minimum absolute atomic E-state index is 0.0230. The molecule has 1 amide bonds. The summed E-state index contributed by atoms with van der Waals surface area (Å²) in [5.41, 5.74) is 0. The molecule has 0 aromatic heterocycles. The molecule has 1 aromatic carbocycles. The van der Waals surface area contributed by atoms with E-state index in [1.54, 1.807) is 12.1 Å². The van der Waals surface area contributed by atoms with Crippen LogP contribution in [0.15, 0.2) is 28.7 Å². The largest absolute Gasteiger partial charge is 0.484 e. The lowest BCUT2D eigenvalue weighted by molar-refractivity contribution is -0.124. The van der Waals surface area contributed by atoms with E-state index in [0.29, 0.717) is 5.75 Å². The predicted octanol–water partition coefficient (Wildman–Crippen LogP) is 2.64. The third-order valence-electron chi connectivity index (χ3n) is 3.51. The molecule has 2 rings (SSSR count). The van der Waals surface area contributed by atoms with Gasteiger partial charge in [-0.05, 0) is 37.1 Å². The second-order valence-electron chi connectivity index (χ2n) is 5.12. The van der Waals surface area contributed by atoms with Crippen molar-refractivity contribution in [3.05, 3.63) is 28.7 Å². The van der Waals surface area contributed by atoms with Crippen molar-refractivity contribution in [2.75, 3.05) is 6.61 Å². The van der Waals surface area contributed by atoms with Gasteiger partial charge in [-0.1, -0.05) is 35.2 Å². The van der Waals surface area contributed by atoms with Gasteiger partial charge in [-0.2, -0.15) is 0 Å². The molecule has 4 nitrogen and oxygen atoms in total. The molecule has 1 saturated carbocycles. The van der Waals surface area contributed by atoms with Crippen molar-refractivity contribution in [2.24, 2.45) is 0 Å². The number of halogens is 1. The van der Waals surface area contributed by atoms with Crippen molar-refractivity contribution in [3.8, 4) is 5.75 Å². The van der Waals surface area contributed by atoms with Gasteiger partial charge >= 0.3 is 0 Å². The van der Waals surface area contributed by atoms with Gasteiger partial charge in [-0.3, -0.25) is 4.79 Å². The Bertz CT molecular complexity index is 435. The Balaban J connectivity index is 1.78. The van der Waals surface area contributed by atoms with E-state index in [0.717, 1.165) is 36.6 Å². The van der Waals surface area contributed by atoms with Crippen LogP contribution in [-0.4, -0.2) is 29.8 Å². The third-order valence-corrected chi connectivity index (χ3v) is 4.04. The van der Waals surface area contributed by atoms with Crippen molar-refractivity contribution in [3.63, 3.8) is 0 Å². The van der Waals surface area contributed by atoms with E-state index in [4.69, 9.17) is 4.74 Å². The quantitative estimate of drug-likeness (QED) is 0.827. The number of aliphatic hydroxyl groups is 1. The summed E-state index contributed by atoms with van der Waals surface area (Å²) in [6.45, 7) is -0.0230. The molecule has 1 fully saturated rings. The topological polar surface area (TPSA) is 58.6 Å². The van der Waals surface area contributed by atoms with Crippen molar-refractivity contribution in [1.82, 2.24) is 5.32 Å². The molecule has 1 aliphatic rings. The highest BCUT2D eigenvalue weighted by molar-refractivity contribution is 9.10. The molecular formula is C15H20BrNO3. The maximum absolute atomic E-state index is 11.9. The molecule has 5 heteroatoms. The summed E-state index contributed by atoms with van der Waals surface area (Å²) in [5, 5.41) is 12.8. The maximum Gasteiger partial charge on any atom is 0.258 e. The molecule has 2 unspecified atom stereocenters. The van der Waals surface area contributed by atoms with E-state index in [-0.39, 0.29) is 18.6 Å². The summed E-state index contributed by atoms with van der Waals surface area (Å²) in [6.07, 6.45) is 4.37. The van der Waals surface area contributed by atoms with Gasteiger partial charge in [0.25, 0.3) is 5.91 Å². The molecule has 1 aromatic rings. The molecule has 0 spiro atoms. The minimum Gasteiger partial charge on any atom is -0.484 e. The first-order chi connectivity index (χ1) is 9.65. The summed E-state index contributed by atoms with van der Waals surface area (Å²) in [5.74, 6) is 0.476. The van der Waals surface area contributed by atoms with Gasteiger partial charge in [0.05, 0.1) is 12.1 Å². The van der Waals surface area contributed by atoms with Crippen LogP contribution in [0.2, 0.25) is 0 Å². The Morgan fingerprint density at radius 3 is 2.70 bits per heavy atom. The summed E-state index contributed by atoms with van der Waals surface area (Å²) in [4.78, 5) is 11.9. The lowest BCUT2D eigenvalue weighted by Crippen LogP contribution is -2.44. The molecule has 0 bridgehead atoms. The number of carbonyl (C=O) groups is 1. The van der Waals surface area contributed by atoms with Crippen LogP contribution in [0.4, 0.5) is 0 Å². The average molecular weight is 342 g/mol. The first-order valence-corrected chi connectivity index (χ1v) is 7.80. The Hall–Kier alpha value is -1.07. The monoisotopic (exact) mass is 341 g/mol. The first kappa shape index (κ1) is 15.3. The predicted molar refractivity (Wildman–Crippen MR) is 80.7 cm³/mol. The molecule has 1 aliphatic carbocycles. The van der Waals surface area contributed by atoms with Crippen LogP contribution in [0.1, 0.15) is 32.1 Å². The van der Waals surface area contributed by atoms with Crippen LogP contribution < -0.4 is 10.1 Å². The molecule has 2 atom stereocenters. The number of nitrogens with one attached hydrogen (secondary N) is 1. The smallest absolute Gasteiger partial charge is 0.258 e. The van der Waals surface area contributed by atoms with E-state index < -0.39 is 6.10 Å². The Kier molecular flexibility index (Phi) is 5.86. The minimum atomic E-state index is -0.436. The van der Waals surface area contributed by atoms with Gasteiger partial charge in [-0.25, -0.2) is 0 Å². The number of benzene rings is 1. The van der Waals surface area contributed by atoms with Gasteiger partial charge in [0.1, 0.15) is 5.75 Å². The average Bonchev–Trinajstić information content (AvgIpc) is 2.64. The van der Waals surface area contributed by atoms with Gasteiger partial charge in [0.15, 0.2) is 6.61 Å². The number of ether oxygens (including phenoxy) is 1. The van der Waals surface area contributed by atoms with Gasteiger partial charge in [0, 0.05) is 4.47 Å². The van der Waals surface area contributed by atoms with Crippen LogP contribution in [-0.2, 0) is 4.79 Å². The lowest BCUT2D eigenvalue weighted by atomic mass is 10.1. The molecule has 0 saturated heterocycles. The SMILES string of the molecule is O=C(COc1ccc(Br)cc1)NC1CCCCCC1O. The fourth-order valence-electron chi connectivity index (χ4n) is 2.38. The highest BCUT2D eigenvalue weighted by Gasteiger charge is 2.23. The standard InChI is InChI=1S/C15H20BrNO3/c16-11-6-8-12(9-7-11)20-10-15(19)17-13-4-2-1-3-5-14(13)18/h6-9,13-14,18H,1-5,10H2,(H,17,19). The van der Waals surface area contributed by atoms with E-state index in [9.17, 15) is 9.90 Å². The second kappa shape index (κ2) is 7.64. The molecule has 0 aliphatic heterocycles. The van der Waals surface area contributed by atoms with E-state index in [1.165, 1.54) is 0 Å². The fraction of sp³-hybridized carbons (Fsp3) is 0.533. The van der Waals surface area contributed by atoms with E-state index in [2.05, 4.69) is 21.2 Å². The molecule has 20 heavy (non-hydrogen) atoms. The summed E-state index contributed by atoms with van der Waals surface area (Å²) in [6, 6.07) is 7.19. The van der Waals surface area contributed by atoms with E-state index in [1.807, 2.05) is 12.1 Å². The van der Waals surface area contributed by atoms with Crippen LogP contribution >= 0.6 is 15.9 Å². The van der Waals surface area contributed by atoms with Gasteiger partial charge in [0.2, 0.25) is 0 Å². The number of amides is 1. The summed E-state index contributed by atoms with van der Waals surface area (Å²) >= 11 is 3.34. The zero-order chi connectivity index (χ0) is 14.4. The summed E-state index contributed by atoms with van der Waals surface area (Å²) in [7, 11) is 0. The van der Waals surface area contributed by atoms with Crippen molar-refractivity contribution in [1.29, 1.82) is 0 Å². The number of carbonyl (C=O) groups excluding carboxylic acids is 1. The summed E-state index contributed by atoms with van der Waals surface area (Å²) < 4.78 is 6.38.